The quantitative estimate of drug-likeness (QED) is 0.578. The first-order valence-corrected chi connectivity index (χ1v) is 5.34. The highest BCUT2D eigenvalue weighted by molar-refractivity contribution is 7.00. The fraction of sp³-hybridized carbons (Fsp3) is 0.200. The first-order chi connectivity index (χ1) is 7.25. The minimum Gasteiger partial charge on any atom is -0.253 e. The molecule has 2 heterocycles. The third-order valence-corrected chi connectivity index (χ3v) is 2.96. The lowest BCUT2D eigenvalue weighted by Gasteiger charge is -2.01. The number of fused-ring (bicyclic) bond motifs is 2. The molecule has 0 saturated carbocycles. The molecule has 2 aromatic heterocycles. The largest absolute Gasteiger partial charge is 0.253 e. The number of hydrogen-bond acceptors (Lipinski definition) is 5. The molecular formula is C10H8N4S. The number of aryl methyl sites for hydroxylation is 2. The average Bonchev–Trinajstić information content (AvgIpc) is 2.68. The Morgan fingerprint density at radius 3 is 2.80 bits per heavy atom. The molecule has 0 unspecified atom stereocenters. The molecule has 0 amide bonds. The zero-order valence-electron chi connectivity index (χ0n) is 8.35. The van der Waals surface area contributed by atoms with Gasteiger partial charge in [-0.05, 0) is 19.9 Å². The molecule has 1 aromatic carbocycles. The summed E-state index contributed by atoms with van der Waals surface area (Å²) in [6, 6.07) is 1.94. The molecule has 0 radical (unpaired) electrons. The number of benzene rings is 1. The zero-order valence-corrected chi connectivity index (χ0v) is 9.17. The monoisotopic (exact) mass is 216 g/mol. The molecule has 0 N–H and O–H groups in total. The van der Waals surface area contributed by atoms with Gasteiger partial charge < -0.3 is 0 Å². The van der Waals surface area contributed by atoms with E-state index in [4.69, 9.17) is 0 Å². The number of nitrogens with zero attached hydrogens (tertiary/aromatic N) is 4. The Kier molecular flexibility index (Phi) is 1.70. The van der Waals surface area contributed by atoms with E-state index in [1.165, 1.54) is 11.7 Å². The van der Waals surface area contributed by atoms with Crippen LogP contribution in [0.5, 0.6) is 0 Å². The molecule has 0 bridgehead atoms. The van der Waals surface area contributed by atoms with Gasteiger partial charge in [0, 0.05) is 11.8 Å². The molecule has 0 aliphatic rings. The number of hydrogen-bond donors (Lipinski definition) is 0. The van der Waals surface area contributed by atoms with Crippen molar-refractivity contribution in [3.8, 4) is 0 Å². The fourth-order valence-corrected chi connectivity index (χ4v) is 2.24. The summed E-state index contributed by atoms with van der Waals surface area (Å²) in [5.74, 6) is 0. The molecule has 0 aliphatic heterocycles. The Morgan fingerprint density at radius 2 is 1.93 bits per heavy atom. The lowest BCUT2D eigenvalue weighted by molar-refractivity contribution is 1.18. The van der Waals surface area contributed by atoms with Crippen LogP contribution in [0.3, 0.4) is 0 Å². The highest BCUT2D eigenvalue weighted by Gasteiger charge is 2.09. The average molecular weight is 216 g/mol. The highest BCUT2D eigenvalue weighted by Crippen LogP contribution is 2.23. The van der Waals surface area contributed by atoms with Crippen LogP contribution >= 0.6 is 11.7 Å². The van der Waals surface area contributed by atoms with E-state index in [-0.39, 0.29) is 0 Å². The van der Waals surface area contributed by atoms with E-state index < -0.39 is 0 Å². The third kappa shape index (κ3) is 1.20. The lowest BCUT2D eigenvalue weighted by Crippen LogP contribution is -1.91. The van der Waals surface area contributed by atoms with E-state index in [2.05, 4.69) is 18.7 Å². The molecule has 74 valence electrons. The van der Waals surface area contributed by atoms with Gasteiger partial charge in [0.1, 0.15) is 11.0 Å². The van der Waals surface area contributed by atoms with Crippen molar-refractivity contribution in [3.05, 3.63) is 23.5 Å². The minimum atomic E-state index is 0.887. The molecule has 0 spiro atoms. The maximum atomic E-state index is 4.48. The normalized spacial score (nSPS) is 11.3. The standard InChI is InChI=1S/C10H8N4S/c1-5-4-11-7-3-8-10(14-15-13-8)6(2)9(7)12-5/h3-4H,1-2H3. The van der Waals surface area contributed by atoms with Crippen molar-refractivity contribution in [3.63, 3.8) is 0 Å². The molecule has 15 heavy (non-hydrogen) atoms. The first-order valence-electron chi connectivity index (χ1n) is 4.61. The van der Waals surface area contributed by atoms with Crippen molar-refractivity contribution in [2.24, 2.45) is 0 Å². The second-order valence-electron chi connectivity index (χ2n) is 3.51. The topological polar surface area (TPSA) is 51.6 Å². The molecular weight excluding hydrogens is 208 g/mol. The van der Waals surface area contributed by atoms with E-state index in [0.29, 0.717) is 0 Å². The van der Waals surface area contributed by atoms with Gasteiger partial charge in [0.25, 0.3) is 0 Å². The molecule has 4 nitrogen and oxygen atoms in total. The summed E-state index contributed by atoms with van der Waals surface area (Å²) in [6.45, 7) is 3.95. The number of aromatic nitrogens is 4. The summed E-state index contributed by atoms with van der Waals surface area (Å²) >= 11 is 1.23. The van der Waals surface area contributed by atoms with Crippen LogP contribution in [-0.4, -0.2) is 18.7 Å². The van der Waals surface area contributed by atoms with E-state index >= 15 is 0 Å². The molecule has 0 fully saturated rings. The van der Waals surface area contributed by atoms with Crippen LogP contribution < -0.4 is 0 Å². The number of rotatable bonds is 0. The van der Waals surface area contributed by atoms with Gasteiger partial charge in [-0.2, -0.15) is 8.75 Å². The predicted molar refractivity (Wildman–Crippen MR) is 60.0 cm³/mol. The van der Waals surface area contributed by atoms with Crippen LogP contribution in [0.4, 0.5) is 0 Å². The van der Waals surface area contributed by atoms with E-state index in [0.717, 1.165) is 33.3 Å². The van der Waals surface area contributed by atoms with Crippen molar-refractivity contribution in [1.82, 2.24) is 18.7 Å². The fourth-order valence-electron chi connectivity index (χ4n) is 1.66. The van der Waals surface area contributed by atoms with Crippen LogP contribution in [0, 0.1) is 13.8 Å². The van der Waals surface area contributed by atoms with Gasteiger partial charge in [0.15, 0.2) is 0 Å². The van der Waals surface area contributed by atoms with Gasteiger partial charge in [-0.15, -0.1) is 0 Å². The maximum Gasteiger partial charge on any atom is 0.110 e. The van der Waals surface area contributed by atoms with Gasteiger partial charge in [0.05, 0.1) is 28.5 Å². The van der Waals surface area contributed by atoms with Crippen molar-refractivity contribution < 1.29 is 0 Å². The Hall–Kier alpha value is -1.62. The molecule has 0 atom stereocenters. The SMILES string of the molecule is Cc1cnc2cc3nsnc3c(C)c2n1. The van der Waals surface area contributed by atoms with Crippen molar-refractivity contribution in [2.75, 3.05) is 0 Å². The van der Waals surface area contributed by atoms with E-state index in [9.17, 15) is 0 Å². The minimum absolute atomic E-state index is 0.887. The van der Waals surface area contributed by atoms with Crippen molar-refractivity contribution >= 4 is 33.8 Å². The summed E-state index contributed by atoms with van der Waals surface area (Å²) in [4.78, 5) is 8.82. The second-order valence-corrected chi connectivity index (χ2v) is 4.04. The Bertz CT molecular complexity index is 659. The molecule has 3 aromatic rings. The predicted octanol–water partition coefficient (Wildman–Crippen LogP) is 2.25. The highest BCUT2D eigenvalue weighted by atomic mass is 32.1. The van der Waals surface area contributed by atoms with Crippen LogP contribution in [0.25, 0.3) is 22.1 Å². The zero-order chi connectivity index (χ0) is 10.4. The van der Waals surface area contributed by atoms with Crippen molar-refractivity contribution in [1.29, 1.82) is 0 Å². The van der Waals surface area contributed by atoms with Gasteiger partial charge in [-0.3, -0.25) is 4.98 Å². The van der Waals surface area contributed by atoms with Crippen LogP contribution in [0.2, 0.25) is 0 Å². The van der Waals surface area contributed by atoms with Crippen molar-refractivity contribution in [2.45, 2.75) is 13.8 Å². The molecule has 0 saturated heterocycles. The van der Waals surface area contributed by atoms with E-state index in [1.807, 2.05) is 19.9 Å². The van der Waals surface area contributed by atoms with Gasteiger partial charge in [-0.1, -0.05) is 0 Å². The van der Waals surface area contributed by atoms with Crippen LogP contribution in [0.1, 0.15) is 11.3 Å². The van der Waals surface area contributed by atoms with Crippen LogP contribution in [-0.2, 0) is 0 Å². The maximum absolute atomic E-state index is 4.48. The Balaban J connectivity index is 2.58. The first kappa shape index (κ1) is 8.67. The van der Waals surface area contributed by atoms with Gasteiger partial charge in [0.2, 0.25) is 0 Å². The molecule has 3 rings (SSSR count). The van der Waals surface area contributed by atoms with Gasteiger partial charge in [-0.25, -0.2) is 4.98 Å². The Labute approximate surface area is 90.3 Å². The summed E-state index contributed by atoms with van der Waals surface area (Å²) in [5.41, 5.74) is 5.64. The smallest absolute Gasteiger partial charge is 0.110 e. The summed E-state index contributed by atoms with van der Waals surface area (Å²) in [5, 5.41) is 0. The Morgan fingerprint density at radius 1 is 1.07 bits per heavy atom. The summed E-state index contributed by atoms with van der Waals surface area (Å²) in [6.07, 6.45) is 1.77. The van der Waals surface area contributed by atoms with Crippen LogP contribution in [0.15, 0.2) is 12.3 Å². The second kappa shape index (κ2) is 2.93. The summed E-state index contributed by atoms with van der Waals surface area (Å²) in [7, 11) is 0. The van der Waals surface area contributed by atoms with Gasteiger partial charge >= 0.3 is 0 Å². The van der Waals surface area contributed by atoms with E-state index in [1.54, 1.807) is 6.20 Å². The molecule has 0 aliphatic carbocycles. The molecule has 5 heteroatoms. The lowest BCUT2D eigenvalue weighted by atomic mass is 10.1. The summed E-state index contributed by atoms with van der Waals surface area (Å²) < 4.78 is 8.48. The third-order valence-electron chi connectivity index (χ3n) is 2.42.